The van der Waals surface area contributed by atoms with Crippen LogP contribution in [0.4, 0.5) is 0 Å². The van der Waals surface area contributed by atoms with Crippen LogP contribution in [-0.2, 0) is 4.74 Å². The van der Waals surface area contributed by atoms with E-state index in [4.69, 9.17) is 13.8 Å². The summed E-state index contributed by atoms with van der Waals surface area (Å²) in [5, 5.41) is 0. The van der Waals surface area contributed by atoms with Gasteiger partial charge in [0.2, 0.25) is 0 Å². The third-order valence-corrected chi connectivity index (χ3v) is 3.24. The van der Waals surface area contributed by atoms with Gasteiger partial charge in [0.15, 0.2) is 0 Å². The largest absolute Gasteiger partial charge is 0.447 e. The molecule has 0 N–H and O–H groups in total. The Hall–Kier alpha value is -2.17. The quantitative estimate of drug-likeness (QED) is 0.602. The van der Waals surface area contributed by atoms with E-state index in [0.29, 0.717) is 6.61 Å². The predicted octanol–water partition coefficient (Wildman–Crippen LogP) is 4.41. The van der Waals surface area contributed by atoms with E-state index >= 15 is 0 Å². The third kappa shape index (κ3) is 4.84. The van der Waals surface area contributed by atoms with Gasteiger partial charge in [-0.15, -0.1) is 0 Å². The molecule has 0 radical (unpaired) electrons. The molecule has 2 rings (SSSR count). The second kappa shape index (κ2) is 8.09. The van der Waals surface area contributed by atoms with Crippen molar-refractivity contribution in [2.45, 2.75) is 6.92 Å². The summed E-state index contributed by atoms with van der Waals surface area (Å²) in [7, 11) is -1.41. The first-order chi connectivity index (χ1) is 9.88. The molecule has 0 unspecified atom stereocenters. The smallest absolute Gasteiger partial charge is 0.382 e. The van der Waals surface area contributed by atoms with Gasteiger partial charge in [0.25, 0.3) is 0 Å². The Morgan fingerprint density at radius 1 is 0.850 bits per heavy atom. The number of benzene rings is 2. The van der Waals surface area contributed by atoms with Gasteiger partial charge in [0, 0.05) is 0 Å². The molecule has 3 nitrogen and oxygen atoms in total. The Morgan fingerprint density at radius 2 is 1.35 bits per heavy atom. The van der Waals surface area contributed by atoms with Gasteiger partial charge in [-0.25, -0.2) is 0 Å². The lowest BCUT2D eigenvalue weighted by molar-refractivity contribution is 0.299. The summed E-state index contributed by atoms with van der Waals surface area (Å²) in [6.45, 7) is 2.42. The minimum absolute atomic E-state index is 0.535. The van der Waals surface area contributed by atoms with Gasteiger partial charge in [0.05, 0.1) is 12.3 Å². The van der Waals surface area contributed by atoms with Gasteiger partial charge >= 0.3 is 8.38 Å². The van der Waals surface area contributed by atoms with Gasteiger partial charge in [-0.3, -0.25) is 0 Å². The fourth-order valence-corrected chi connectivity index (χ4v) is 2.25. The molecule has 0 atom stereocenters. The number of hydrogen-bond donors (Lipinski definition) is 0. The van der Waals surface area contributed by atoms with Crippen molar-refractivity contribution >= 4 is 8.38 Å². The fourth-order valence-electron chi connectivity index (χ4n) is 1.36. The van der Waals surface area contributed by atoms with Crippen LogP contribution in [0.1, 0.15) is 6.92 Å². The summed E-state index contributed by atoms with van der Waals surface area (Å²) in [5.41, 5.74) is 2.87. The molecule has 4 heteroatoms. The molecule has 102 valence electrons. The van der Waals surface area contributed by atoms with Gasteiger partial charge in [-0.2, -0.15) is 0 Å². The molecule has 0 heterocycles. The zero-order valence-corrected chi connectivity index (χ0v) is 12.0. The molecule has 2 aromatic rings. The molecule has 0 amide bonds. The van der Waals surface area contributed by atoms with Gasteiger partial charge in [-0.05, 0) is 31.2 Å². The van der Waals surface area contributed by atoms with Crippen molar-refractivity contribution in [1.82, 2.24) is 0 Å². The molecule has 0 aliphatic carbocycles. The molecule has 0 saturated carbocycles. The van der Waals surface area contributed by atoms with Crippen molar-refractivity contribution in [1.29, 1.82) is 0 Å². The summed E-state index contributed by atoms with van der Waals surface area (Å²) < 4.78 is 16.5. The highest BCUT2D eigenvalue weighted by molar-refractivity contribution is 7.53. The van der Waals surface area contributed by atoms with E-state index in [1.807, 2.05) is 67.6 Å². The van der Waals surface area contributed by atoms with Crippen LogP contribution in [0.3, 0.4) is 0 Å². The molecular formula is C16H15O3P. The van der Waals surface area contributed by atoms with Crippen LogP contribution in [0.2, 0.25) is 0 Å². The maximum atomic E-state index is 5.75. The Kier molecular flexibility index (Phi) is 5.76. The van der Waals surface area contributed by atoms with Crippen molar-refractivity contribution < 1.29 is 13.8 Å². The molecular weight excluding hydrogens is 271 g/mol. The highest BCUT2D eigenvalue weighted by Crippen LogP contribution is 2.39. The Bertz CT molecular complexity index is 519. The van der Waals surface area contributed by atoms with Gasteiger partial charge in [-0.1, -0.05) is 36.4 Å². The number of para-hydroxylation sites is 2. The fraction of sp³-hybridized carbons (Fsp3) is 0.125. The summed E-state index contributed by atoms with van der Waals surface area (Å²) in [6.07, 6.45) is 2.60. The molecule has 0 aliphatic rings. The minimum Gasteiger partial charge on any atom is -0.447 e. The number of ether oxygens (including phenoxy) is 1. The second-order valence-electron chi connectivity index (χ2n) is 3.71. The van der Waals surface area contributed by atoms with Gasteiger partial charge < -0.3 is 13.8 Å². The minimum atomic E-state index is -1.41. The zero-order valence-electron chi connectivity index (χ0n) is 11.2. The first-order valence-electron chi connectivity index (χ1n) is 6.27. The second-order valence-corrected chi connectivity index (χ2v) is 4.82. The molecule has 20 heavy (non-hydrogen) atoms. The highest BCUT2D eigenvalue weighted by atomic mass is 31.2. The molecule has 2 aromatic carbocycles. The van der Waals surface area contributed by atoms with Crippen molar-refractivity contribution in [3.05, 3.63) is 60.7 Å². The topological polar surface area (TPSA) is 27.7 Å². The van der Waals surface area contributed by atoms with Crippen molar-refractivity contribution in [2.75, 3.05) is 6.61 Å². The van der Waals surface area contributed by atoms with Crippen LogP contribution in [0.15, 0.2) is 60.7 Å². The van der Waals surface area contributed by atoms with Crippen LogP contribution in [0.5, 0.6) is 11.5 Å². The van der Waals surface area contributed by atoms with Crippen LogP contribution < -0.4 is 9.05 Å². The lowest BCUT2D eigenvalue weighted by atomic mass is 10.3. The highest BCUT2D eigenvalue weighted by Gasteiger charge is 2.12. The first-order valence-corrected chi connectivity index (χ1v) is 7.45. The van der Waals surface area contributed by atoms with Crippen molar-refractivity contribution in [2.24, 2.45) is 0 Å². The first kappa shape index (κ1) is 14.2. The lowest BCUT2D eigenvalue weighted by Crippen LogP contribution is -1.94. The normalized spacial score (nSPS) is 9.50. The SMILES string of the molecule is CCOC#CP(Oc1ccccc1)Oc1ccccc1. The Labute approximate surface area is 120 Å². The summed E-state index contributed by atoms with van der Waals surface area (Å²) >= 11 is 0. The van der Waals surface area contributed by atoms with E-state index in [-0.39, 0.29) is 0 Å². The van der Waals surface area contributed by atoms with Crippen LogP contribution in [-0.4, -0.2) is 6.61 Å². The molecule has 0 spiro atoms. The Balaban J connectivity index is 2.07. The monoisotopic (exact) mass is 286 g/mol. The average Bonchev–Trinajstić information content (AvgIpc) is 2.49. The van der Waals surface area contributed by atoms with Crippen LogP contribution in [0.25, 0.3) is 0 Å². The maximum Gasteiger partial charge on any atom is 0.382 e. The van der Waals surface area contributed by atoms with E-state index < -0.39 is 8.38 Å². The van der Waals surface area contributed by atoms with E-state index in [1.54, 1.807) is 0 Å². The van der Waals surface area contributed by atoms with Crippen LogP contribution in [0, 0.1) is 11.8 Å². The number of rotatable bonds is 5. The van der Waals surface area contributed by atoms with Crippen molar-refractivity contribution in [3.8, 4) is 23.3 Å². The van der Waals surface area contributed by atoms with E-state index in [1.165, 1.54) is 0 Å². The summed E-state index contributed by atoms with van der Waals surface area (Å²) in [5.74, 6) is 1.45. The van der Waals surface area contributed by atoms with Gasteiger partial charge in [0.1, 0.15) is 17.6 Å². The van der Waals surface area contributed by atoms with Crippen LogP contribution >= 0.6 is 8.38 Å². The molecule has 0 saturated heterocycles. The summed E-state index contributed by atoms with van der Waals surface area (Å²) in [4.78, 5) is 0. The molecule has 0 aliphatic heterocycles. The molecule has 0 bridgehead atoms. The average molecular weight is 286 g/mol. The van der Waals surface area contributed by atoms with E-state index in [9.17, 15) is 0 Å². The number of hydrogen-bond acceptors (Lipinski definition) is 3. The zero-order chi connectivity index (χ0) is 14.0. The lowest BCUT2D eigenvalue weighted by Gasteiger charge is -2.13. The maximum absolute atomic E-state index is 5.75. The third-order valence-electron chi connectivity index (χ3n) is 2.22. The standard InChI is InChI=1S/C16H15O3P/c1-2-17-13-14-20(18-15-9-5-3-6-10-15)19-16-11-7-4-8-12-16/h3-12H,2H2,1H3. The van der Waals surface area contributed by atoms with E-state index in [2.05, 4.69) is 11.8 Å². The Morgan fingerprint density at radius 3 is 1.80 bits per heavy atom. The molecule has 0 aromatic heterocycles. The predicted molar refractivity (Wildman–Crippen MR) is 80.5 cm³/mol. The van der Waals surface area contributed by atoms with E-state index in [0.717, 1.165) is 11.5 Å². The molecule has 0 fully saturated rings. The summed E-state index contributed by atoms with van der Waals surface area (Å²) in [6, 6.07) is 18.9. The van der Waals surface area contributed by atoms with Crippen molar-refractivity contribution in [3.63, 3.8) is 0 Å².